The van der Waals surface area contributed by atoms with E-state index in [4.69, 9.17) is 4.98 Å². The third kappa shape index (κ3) is 3.07. The van der Waals surface area contributed by atoms with Crippen LogP contribution in [0.4, 0.5) is 5.69 Å². The Kier molecular flexibility index (Phi) is 4.66. The van der Waals surface area contributed by atoms with Crippen molar-refractivity contribution in [2.75, 3.05) is 11.9 Å². The van der Waals surface area contributed by atoms with E-state index in [9.17, 15) is 0 Å². The van der Waals surface area contributed by atoms with Crippen LogP contribution >= 0.6 is 0 Å². The Labute approximate surface area is 167 Å². The Bertz CT molecular complexity index is 1040. The Morgan fingerprint density at radius 2 is 1.93 bits per heavy atom. The van der Waals surface area contributed by atoms with E-state index in [0.717, 1.165) is 41.4 Å². The van der Waals surface area contributed by atoms with Crippen LogP contribution in [0.1, 0.15) is 47.0 Å². The summed E-state index contributed by atoms with van der Waals surface area (Å²) in [5.41, 5.74) is 10.5. The minimum Gasteiger partial charge on any atom is -0.378 e. The second-order valence-corrected chi connectivity index (χ2v) is 8.12. The SMILES string of the molecule is C=C(c1cc(NCc2c(C)cccc2C)c2nc(C)c(C)n2c1)N1CCC1C. The highest BCUT2D eigenvalue weighted by atomic mass is 15.2. The van der Waals surface area contributed by atoms with Crippen LogP contribution in [0.5, 0.6) is 0 Å². The number of imidazole rings is 1. The molecular formula is C24H30N4. The molecule has 1 aromatic carbocycles. The first-order chi connectivity index (χ1) is 13.4. The summed E-state index contributed by atoms with van der Waals surface area (Å²) in [5, 5.41) is 3.66. The van der Waals surface area contributed by atoms with Crippen molar-refractivity contribution >= 4 is 17.0 Å². The predicted octanol–water partition coefficient (Wildman–Crippen LogP) is 5.24. The molecular weight excluding hydrogens is 344 g/mol. The first-order valence-corrected chi connectivity index (χ1v) is 10.1. The number of aryl methyl sites for hydroxylation is 4. The van der Waals surface area contributed by atoms with Gasteiger partial charge in [-0.3, -0.25) is 0 Å². The van der Waals surface area contributed by atoms with Crippen molar-refractivity contribution in [2.24, 2.45) is 0 Å². The molecule has 2 aromatic heterocycles. The zero-order valence-electron chi connectivity index (χ0n) is 17.6. The van der Waals surface area contributed by atoms with Gasteiger partial charge in [-0.25, -0.2) is 4.98 Å². The molecule has 3 aromatic rings. The number of anilines is 1. The van der Waals surface area contributed by atoms with Gasteiger partial charge in [0.05, 0.1) is 11.4 Å². The van der Waals surface area contributed by atoms with Gasteiger partial charge in [-0.15, -0.1) is 0 Å². The van der Waals surface area contributed by atoms with Gasteiger partial charge < -0.3 is 14.6 Å². The fourth-order valence-electron chi connectivity index (χ4n) is 4.05. The summed E-state index contributed by atoms with van der Waals surface area (Å²) in [6.07, 6.45) is 3.42. The summed E-state index contributed by atoms with van der Waals surface area (Å²) in [6.45, 7) is 17.1. The van der Waals surface area contributed by atoms with E-state index < -0.39 is 0 Å². The number of nitrogens with zero attached hydrogens (tertiary/aromatic N) is 3. The zero-order valence-corrected chi connectivity index (χ0v) is 17.6. The number of hydrogen-bond donors (Lipinski definition) is 1. The van der Waals surface area contributed by atoms with Gasteiger partial charge in [0.15, 0.2) is 5.65 Å². The summed E-state index contributed by atoms with van der Waals surface area (Å²) < 4.78 is 2.20. The Morgan fingerprint density at radius 3 is 2.54 bits per heavy atom. The third-order valence-corrected chi connectivity index (χ3v) is 6.30. The molecule has 1 saturated heterocycles. The van der Waals surface area contributed by atoms with Crippen LogP contribution in [-0.4, -0.2) is 26.9 Å². The van der Waals surface area contributed by atoms with Crippen LogP contribution in [-0.2, 0) is 6.54 Å². The number of benzene rings is 1. The van der Waals surface area contributed by atoms with Gasteiger partial charge in [0.1, 0.15) is 0 Å². The topological polar surface area (TPSA) is 32.6 Å². The van der Waals surface area contributed by atoms with Crippen molar-refractivity contribution < 1.29 is 0 Å². The van der Waals surface area contributed by atoms with Crippen molar-refractivity contribution in [2.45, 2.75) is 53.6 Å². The lowest BCUT2D eigenvalue weighted by atomic mass is 10.0. The molecule has 1 N–H and O–H groups in total. The van der Waals surface area contributed by atoms with Gasteiger partial charge in [-0.05, 0) is 63.8 Å². The van der Waals surface area contributed by atoms with E-state index in [0.29, 0.717) is 6.04 Å². The number of rotatable bonds is 5. The van der Waals surface area contributed by atoms with E-state index in [1.165, 1.54) is 28.8 Å². The van der Waals surface area contributed by atoms with Gasteiger partial charge in [0.25, 0.3) is 0 Å². The van der Waals surface area contributed by atoms with Crippen molar-refractivity contribution in [3.05, 3.63) is 70.7 Å². The fourth-order valence-corrected chi connectivity index (χ4v) is 4.05. The number of aromatic nitrogens is 2. The van der Waals surface area contributed by atoms with Gasteiger partial charge in [0.2, 0.25) is 0 Å². The van der Waals surface area contributed by atoms with Crippen LogP contribution in [0.25, 0.3) is 11.3 Å². The Hall–Kier alpha value is -2.75. The number of fused-ring (bicyclic) bond motifs is 1. The molecule has 0 bridgehead atoms. The summed E-state index contributed by atoms with van der Waals surface area (Å²) in [7, 11) is 0. The standard InChI is InChI=1S/C24H30N4/c1-15-8-7-9-16(2)22(15)13-25-23-12-21(20(6)27-11-10-17(27)3)14-28-19(5)18(4)26-24(23)28/h7-9,12,14,17,25H,6,10-11,13H2,1-5H3. The molecule has 1 aliphatic rings. The van der Waals surface area contributed by atoms with Gasteiger partial charge >= 0.3 is 0 Å². The molecule has 0 spiro atoms. The van der Waals surface area contributed by atoms with E-state index in [2.05, 4.69) is 86.3 Å². The molecule has 4 nitrogen and oxygen atoms in total. The van der Waals surface area contributed by atoms with Crippen molar-refractivity contribution in [1.29, 1.82) is 0 Å². The van der Waals surface area contributed by atoms with Crippen LogP contribution in [0.3, 0.4) is 0 Å². The van der Waals surface area contributed by atoms with Crippen molar-refractivity contribution in [3.63, 3.8) is 0 Å². The molecule has 28 heavy (non-hydrogen) atoms. The lowest BCUT2D eigenvalue weighted by Gasteiger charge is -2.42. The van der Waals surface area contributed by atoms with Gasteiger partial charge in [-0.1, -0.05) is 24.8 Å². The first kappa shape index (κ1) is 18.6. The number of nitrogens with one attached hydrogen (secondary N) is 1. The molecule has 0 radical (unpaired) electrons. The largest absolute Gasteiger partial charge is 0.378 e. The number of hydrogen-bond acceptors (Lipinski definition) is 3. The maximum atomic E-state index is 4.82. The summed E-state index contributed by atoms with van der Waals surface area (Å²) in [5.74, 6) is 0. The minimum absolute atomic E-state index is 0.569. The Balaban J connectivity index is 1.73. The zero-order chi connectivity index (χ0) is 20.0. The molecule has 146 valence electrons. The van der Waals surface area contributed by atoms with E-state index in [1.807, 2.05) is 0 Å². The summed E-state index contributed by atoms with van der Waals surface area (Å²) in [6, 6.07) is 9.24. The molecule has 3 heterocycles. The second kappa shape index (κ2) is 7.01. The molecule has 0 amide bonds. The minimum atomic E-state index is 0.569. The number of pyridine rings is 1. The summed E-state index contributed by atoms with van der Waals surface area (Å²) in [4.78, 5) is 7.21. The quantitative estimate of drug-likeness (QED) is 0.662. The van der Waals surface area contributed by atoms with Gasteiger partial charge in [-0.2, -0.15) is 0 Å². The first-order valence-electron chi connectivity index (χ1n) is 10.1. The molecule has 0 saturated carbocycles. The molecule has 4 rings (SSSR count). The predicted molar refractivity (Wildman–Crippen MR) is 118 cm³/mol. The fraction of sp³-hybridized carbons (Fsp3) is 0.375. The normalized spacial score (nSPS) is 16.3. The van der Waals surface area contributed by atoms with E-state index in [1.54, 1.807) is 0 Å². The molecule has 1 aliphatic heterocycles. The van der Waals surface area contributed by atoms with Crippen molar-refractivity contribution in [1.82, 2.24) is 14.3 Å². The van der Waals surface area contributed by atoms with Gasteiger partial charge in [0, 0.05) is 42.3 Å². The highest BCUT2D eigenvalue weighted by Gasteiger charge is 2.26. The van der Waals surface area contributed by atoms with E-state index >= 15 is 0 Å². The smallest absolute Gasteiger partial charge is 0.160 e. The highest BCUT2D eigenvalue weighted by molar-refractivity contribution is 5.75. The van der Waals surface area contributed by atoms with Crippen molar-refractivity contribution in [3.8, 4) is 0 Å². The third-order valence-electron chi connectivity index (χ3n) is 6.30. The molecule has 1 atom stereocenters. The average molecular weight is 375 g/mol. The average Bonchev–Trinajstić information content (AvgIpc) is 2.94. The van der Waals surface area contributed by atoms with E-state index in [-0.39, 0.29) is 0 Å². The van der Waals surface area contributed by atoms with Crippen LogP contribution in [0, 0.1) is 27.7 Å². The monoisotopic (exact) mass is 374 g/mol. The highest BCUT2D eigenvalue weighted by Crippen LogP contribution is 2.31. The maximum Gasteiger partial charge on any atom is 0.160 e. The molecule has 0 aliphatic carbocycles. The Morgan fingerprint density at radius 1 is 1.21 bits per heavy atom. The lowest BCUT2D eigenvalue weighted by Crippen LogP contribution is -2.43. The maximum absolute atomic E-state index is 4.82. The van der Waals surface area contributed by atoms with Crippen LogP contribution in [0.15, 0.2) is 37.0 Å². The molecule has 1 unspecified atom stereocenters. The molecule has 4 heteroatoms. The van der Waals surface area contributed by atoms with Crippen LogP contribution < -0.4 is 5.32 Å². The second-order valence-electron chi connectivity index (χ2n) is 8.12. The summed E-state index contributed by atoms with van der Waals surface area (Å²) >= 11 is 0. The number of likely N-dealkylation sites (tertiary alicyclic amines) is 1. The molecule has 1 fully saturated rings. The lowest BCUT2D eigenvalue weighted by molar-refractivity contribution is 0.188. The van der Waals surface area contributed by atoms with Crippen LogP contribution in [0.2, 0.25) is 0 Å².